The molecule has 2 rings (SSSR count). The van der Waals surface area contributed by atoms with Crippen LogP contribution in [0.25, 0.3) is 0 Å². The first-order valence-corrected chi connectivity index (χ1v) is 8.83. The van der Waals surface area contributed by atoms with Gasteiger partial charge in [0, 0.05) is 10.7 Å². The summed E-state index contributed by atoms with van der Waals surface area (Å²) in [5.74, 6) is 0.665. The van der Waals surface area contributed by atoms with E-state index in [1.807, 2.05) is 32.0 Å². The molecule has 0 N–H and O–H groups in total. The van der Waals surface area contributed by atoms with E-state index >= 15 is 0 Å². The normalized spacial score (nSPS) is 11.4. The second-order valence-electron chi connectivity index (χ2n) is 5.03. The molecular weight excluding hydrogens is 308 g/mol. The summed E-state index contributed by atoms with van der Waals surface area (Å²) < 4.78 is 28.7. The lowest BCUT2D eigenvalue weighted by atomic mass is 10.1. The maximum atomic E-state index is 11.5. The van der Waals surface area contributed by atoms with Gasteiger partial charge in [-0.15, -0.1) is 0 Å². The predicted molar refractivity (Wildman–Crippen MR) is 84.5 cm³/mol. The van der Waals surface area contributed by atoms with Crippen LogP contribution in [0.3, 0.4) is 0 Å². The average molecular weight is 325 g/mol. The van der Waals surface area contributed by atoms with Crippen LogP contribution in [0.4, 0.5) is 0 Å². The zero-order valence-corrected chi connectivity index (χ0v) is 13.8. The van der Waals surface area contributed by atoms with Crippen molar-refractivity contribution < 1.29 is 13.2 Å². The summed E-state index contributed by atoms with van der Waals surface area (Å²) in [6.07, 6.45) is 0. The Balaban J connectivity index is 2.24. The Bertz CT molecular complexity index is 767. The number of hydrogen-bond donors (Lipinski definition) is 0. The van der Waals surface area contributed by atoms with Gasteiger partial charge in [0.2, 0.25) is 0 Å². The Morgan fingerprint density at radius 3 is 2.38 bits per heavy atom. The van der Waals surface area contributed by atoms with Crippen LogP contribution in [-0.2, 0) is 15.7 Å². The molecule has 0 fully saturated rings. The van der Waals surface area contributed by atoms with Crippen molar-refractivity contribution in [2.75, 3.05) is 0 Å². The molecule has 0 amide bonds. The van der Waals surface area contributed by atoms with E-state index in [9.17, 15) is 8.42 Å². The molecule has 5 heteroatoms. The van der Waals surface area contributed by atoms with Crippen molar-refractivity contribution in [2.45, 2.75) is 32.3 Å². The van der Waals surface area contributed by atoms with Crippen molar-refractivity contribution in [2.24, 2.45) is 0 Å². The molecule has 0 aromatic heterocycles. The second-order valence-corrected chi connectivity index (χ2v) is 7.56. The van der Waals surface area contributed by atoms with Crippen molar-refractivity contribution in [3.05, 3.63) is 58.7 Å². The van der Waals surface area contributed by atoms with E-state index in [0.717, 1.165) is 11.1 Å². The predicted octanol–water partition coefficient (Wildman–Crippen LogP) is 4.12. The molecule has 0 bridgehead atoms. The molecule has 0 aliphatic heterocycles. The van der Waals surface area contributed by atoms with Gasteiger partial charge in [0.15, 0.2) is 0 Å². The Hall–Kier alpha value is -1.52. The van der Waals surface area contributed by atoms with E-state index in [2.05, 4.69) is 6.07 Å². The molecule has 0 saturated carbocycles. The van der Waals surface area contributed by atoms with E-state index in [1.54, 1.807) is 13.0 Å². The van der Waals surface area contributed by atoms with Gasteiger partial charge in [-0.05, 0) is 49.6 Å². The average Bonchev–Trinajstić information content (AvgIpc) is 2.39. The molecule has 0 unspecified atom stereocenters. The Kier molecular flexibility index (Phi) is 4.59. The molecule has 0 saturated heterocycles. The molecule has 0 spiro atoms. The second kappa shape index (κ2) is 6.08. The SMILES string of the molecule is Cc1cccc(COc2ccc(S(=O)(=O)Cl)c(C)c2C)c1. The van der Waals surface area contributed by atoms with Crippen LogP contribution in [-0.4, -0.2) is 8.42 Å². The minimum atomic E-state index is -3.73. The Labute approximate surface area is 129 Å². The highest BCUT2D eigenvalue weighted by Gasteiger charge is 2.16. The van der Waals surface area contributed by atoms with Crippen LogP contribution >= 0.6 is 10.7 Å². The van der Waals surface area contributed by atoms with E-state index in [1.165, 1.54) is 11.6 Å². The first-order chi connectivity index (χ1) is 9.79. The first kappa shape index (κ1) is 15.9. The highest BCUT2D eigenvalue weighted by molar-refractivity contribution is 8.13. The lowest BCUT2D eigenvalue weighted by Crippen LogP contribution is -2.02. The number of hydrogen-bond acceptors (Lipinski definition) is 3. The maximum Gasteiger partial charge on any atom is 0.261 e. The molecular formula is C16H17ClO3S. The van der Waals surface area contributed by atoms with Crippen molar-refractivity contribution in [3.63, 3.8) is 0 Å². The minimum Gasteiger partial charge on any atom is -0.489 e. The summed E-state index contributed by atoms with van der Waals surface area (Å²) in [7, 11) is 1.68. The van der Waals surface area contributed by atoms with Crippen LogP contribution < -0.4 is 4.74 Å². The third-order valence-electron chi connectivity index (χ3n) is 3.43. The molecule has 3 nitrogen and oxygen atoms in total. The van der Waals surface area contributed by atoms with Gasteiger partial charge in [0.05, 0.1) is 4.90 Å². The van der Waals surface area contributed by atoms with Crippen molar-refractivity contribution >= 4 is 19.7 Å². The molecule has 0 aliphatic carbocycles. The fourth-order valence-corrected chi connectivity index (χ4v) is 3.41. The van der Waals surface area contributed by atoms with Gasteiger partial charge >= 0.3 is 0 Å². The van der Waals surface area contributed by atoms with Crippen LogP contribution in [0.1, 0.15) is 22.3 Å². The highest BCUT2D eigenvalue weighted by atomic mass is 35.7. The smallest absolute Gasteiger partial charge is 0.261 e. The minimum absolute atomic E-state index is 0.129. The lowest BCUT2D eigenvalue weighted by Gasteiger charge is -2.13. The Morgan fingerprint density at radius 1 is 1.05 bits per heavy atom. The standard InChI is InChI=1S/C16H17ClO3S/c1-11-5-4-6-14(9-11)10-20-15-7-8-16(21(17,18)19)13(3)12(15)2/h4-9H,10H2,1-3H3. The largest absolute Gasteiger partial charge is 0.489 e. The summed E-state index contributed by atoms with van der Waals surface area (Å²) in [5.41, 5.74) is 3.64. The van der Waals surface area contributed by atoms with E-state index < -0.39 is 9.05 Å². The summed E-state index contributed by atoms with van der Waals surface area (Å²) in [4.78, 5) is 0.129. The maximum absolute atomic E-state index is 11.5. The number of rotatable bonds is 4. The zero-order chi connectivity index (χ0) is 15.6. The zero-order valence-electron chi connectivity index (χ0n) is 12.2. The molecule has 2 aromatic carbocycles. The van der Waals surface area contributed by atoms with Gasteiger partial charge in [-0.3, -0.25) is 0 Å². The topological polar surface area (TPSA) is 43.4 Å². The molecule has 21 heavy (non-hydrogen) atoms. The van der Waals surface area contributed by atoms with E-state index in [4.69, 9.17) is 15.4 Å². The fourth-order valence-electron chi connectivity index (χ4n) is 2.15. The summed E-state index contributed by atoms with van der Waals surface area (Å²) >= 11 is 0. The Morgan fingerprint density at radius 2 is 1.76 bits per heavy atom. The molecule has 0 atom stereocenters. The van der Waals surface area contributed by atoms with Crippen LogP contribution in [0, 0.1) is 20.8 Å². The summed E-state index contributed by atoms with van der Waals surface area (Å²) in [6, 6.07) is 11.2. The van der Waals surface area contributed by atoms with Gasteiger partial charge in [-0.1, -0.05) is 29.8 Å². The van der Waals surface area contributed by atoms with Crippen molar-refractivity contribution in [3.8, 4) is 5.75 Å². The highest BCUT2D eigenvalue weighted by Crippen LogP contribution is 2.29. The third-order valence-corrected chi connectivity index (χ3v) is 4.89. The van der Waals surface area contributed by atoms with E-state index in [0.29, 0.717) is 17.9 Å². The monoisotopic (exact) mass is 324 g/mol. The molecule has 112 valence electrons. The molecule has 2 aromatic rings. The number of halogens is 1. The third kappa shape index (κ3) is 3.77. The first-order valence-electron chi connectivity index (χ1n) is 6.52. The number of aryl methyl sites for hydroxylation is 1. The summed E-state index contributed by atoms with van der Waals surface area (Å²) in [6.45, 7) is 6.02. The van der Waals surface area contributed by atoms with E-state index in [-0.39, 0.29) is 4.90 Å². The number of ether oxygens (including phenoxy) is 1. The van der Waals surface area contributed by atoms with Gasteiger partial charge in [-0.25, -0.2) is 8.42 Å². The molecule has 0 aliphatic rings. The molecule has 0 radical (unpaired) electrons. The number of benzene rings is 2. The lowest BCUT2D eigenvalue weighted by molar-refractivity contribution is 0.303. The molecule has 0 heterocycles. The van der Waals surface area contributed by atoms with Crippen LogP contribution in [0.15, 0.2) is 41.3 Å². The van der Waals surface area contributed by atoms with Crippen LogP contribution in [0.5, 0.6) is 5.75 Å². The quantitative estimate of drug-likeness (QED) is 0.795. The van der Waals surface area contributed by atoms with Gasteiger partial charge in [0.1, 0.15) is 12.4 Å². The van der Waals surface area contributed by atoms with Crippen molar-refractivity contribution in [1.82, 2.24) is 0 Å². The van der Waals surface area contributed by atoms with Gasteiger partial charge in [-0.2, -0.15) is 0 Å². The van der Waals surface area contributed by atoms with Gasteiger partial charge in [0.25, 0.3) is 9.05 Å². The van der Waals surface area contributed by atoms with Gasteiger partial charge < -0.3 is 4.74 Å². The van der Waals surface area contributed by atoms with Crippen molar-refractivity contribution in [1.29, 1.82) is 0 Å². The summed E-state index contributed by atoms with van der Waals surface area (Å²) in [5, 5.41) is 0. The van der Waals surface area contributed by atoms with Crippen LogP contribution in [0.2, 0.25) is 0 Å². The fraction of sp³-hybridized carbons (Fsp3) is 0.250.